The van der Waals surface area contributed by atoms with Gasteiger partial charge in [-0.3, -0.25) is 0 Å². The number of benzene rings is 1. The van der Waals surface area contributed by atoms with Gasteiger partial charge in [-0.25, -0.2) is 0 Å². The highest BCUT2D eigenvalue weighted by Crippen LogP contribution is 2.22. The fraction of sp³-hybridized carbons (Fsp3) is 0.556. The molecule has 1 aromatic carbocycles. The Labute approximate surface area is 144 Å². The highest BCUT2D eigenvalue weighted by atomic mass is 35.5. The molecule has 124 valence electrons. The Kier molecular flexibility index (Phi) is 9.89. The molecule has 0 aromatic heterocycles. The van der Waals surface area contributed by atoms with E-state index in [9.17, 15) is 0 Å². The molecule has 0 N–H and O–H groups in total. The van der Waals surface area contributed by atoms with Crippen molar-refractivity contribution in [3.63, 3.8) is 0 Å². The monoisotopic (exact) mass is 342 g/mol. The lowest BCUT2D eigenvalue weighted by Gasteiger charge is -2.22. The second kappa shape index (κ2) is 11.1. The SMILES string of the molecule is C=CCCC(C)OCC(CSc1ccc(Cl)cc1)OC(C)C. The van der Waals surface area contributed by atoms with Gasteiger partial charge >= 0.3 is 0 Å². The van der Waals surface area contributed by atoms with Crippen molar-refractivity contribution in [1.82, 2.24) is 0 Å². The molecule has 2 unspecified atom stereocenters. The van der Waals surface area contributed by atoms with Crippen molar-refractivity contribution in [2.24, 2.45) is 0 Å². The summed E-state index contributed by atoms with van der Waals surface area (Å²) in [6, 6.07) is 7.89. The largest absolute Gasteiger partial charge is 0.376 e. The molecule has 0 amide bonds. The van der Waals surface area contributed by atoms with E-state index in [4.69, 9.17) is 21.1 Å². The van der Waals surface area contributed by atoms with Crippen molar-refractivity contribution in [1.29, 1.82) is 0 Å². The standard InChI is InChI=1S/C18H27ClO2S/c1-5-6-7-15(4)20-12-17(21-14(2)3)13-22-18-10-8-16(19)9-11-18/h5,8-11,14-15,17H,1,6-7,12-13H2,2-4H3. The van der Waals surface area contributed by atoms with Gasteiger partial charge in [0, 0.05) is 15.7 Å². The third kappa shape index (κ3) is 8.84. The molecule has 0 bridgehead atoms. The summed E-state index contributed by atoms with van der Waals surface area (Å²) in [7, 11) is 0. The van der Waals surface area contributed by atoms with Crippen LogP contribution in [0.1, 0.15) is 33.6 Å². The molecule has 0 radical (unpaired) electrons. The van der Waals surface area contributed by atoms with E-state index in [1.165, 1.54) is 4.90 Å². The number of halogens is 1. The van der Waals surface area contributed by atoms with Crippen LogP contribution in [0.5, 0.6) is 0 Å². The summed E-state index contributed by atoms with van der Waals surface area (Å²) in [5.41, 5.74) is 0. The van der Waals surface area contributed by atoms with Gasteiger partial charge in [-0.1, -0.05) is 17.7 Å². The van der Waals surface area contributed by atoms with E-state index >= 15 is 0 Å². The summed E-state index contributed by atoms with van der Waals surface area (Å²) in [6.07, 6.45) is 4.43. The smallest absolute Gasteiger partial charge is 0.0905 e. The van der Waals surface area contributed by atoms with Crippen LogP contribution in [-0.4, -0.2) is 30.7 Å². The molecule has 1 rings (SSSR count). The quantitative estimate of drug-likeness (QED) is 0.385. The molecule has 2 atom stereocenters. The lowest BCUT2D eigenvalue weighted by Crippen LogP contribution is -2.28. The van der Waals surface area contributed by atoms with Crippen LogP contribution in [0, 0.1) is 0 Å². The second-order valence-electron chi connectivity index (χ2n) is 5.58. The molecular weight excluding hydrogens is 316 g/mol. The number of thioether (sulfide) groups is 1. The van der Waals surface area contributed by atoms with E-state index in [0.717, 1.165) is 23.6 Å². The van der Waals surface area contributed by atoms with Gasteiger partial charge in [0.25, 0.3) is 0 Å². The number of ether oxygens (including phenoxy) is 2. The zero-order valence-corrected chi connectivity index (χ0v) is 15.3. The molecule has 1 aromatic rings. The fourth-order valence-electron chi connectivity index (χ4n) is 1.94. The van der Waals surface area contributed by atoms with E-state index in [1.807, 2.05) is 30.3 Å². The molecule has 2 nitrogen and oxygen atoms in total. The number of hydrogen-bond acceptors (Lipinski definition) is 3. The summed E-state index contributed by atoms with van der Waals surface area (Å²) in [4.78, 5) is 1.20. The fourth-order valence-corrected chi connectivity index (χ4v) is 2.95. The zero-order chi connectivity index (χ0) is 16.4. The zero-order valence-electron chi connectivity index (χ0n) is 13.8. The van der Waals surface area contributed by atoms with Crippen LogP contribution in [0.2, 0.25) is 5.02 Å². The molecule has 4 heteroatoms. The van der Waals surface area contributed by atoms with Crippen molar-refractivity contribution in [3.05, 3.63) is 41.9 Å². The van der Waals surface area contributed by atoms with Gasteiger partial charge in [0.2, 0.25) is 0 Å². The van der Waals surface area contributed by atoms with Crippen LogP contribution in [0.3, 0.4) is 0 Å². The van der Waals surface area contributed by atoms with Gasteiger partial charge in [0.15, 0.2) is 0 Å². The van der Waals surface area contributed by atoms with Gasteiger partial charge in [-0.2, -0.15) is 0 Å². The Balaban J connectivity index is 2.42. The molecule has 22 heavy (non-hydrogen) atoms. The minimum atomic E-state index is 0.0897. The summed E-state index contributed by atoms with van der Waals surface area (Å²) in [5, 5.41) is 0.763. The second-order valence-corrected chi connectivity index (χ2v) is 7.11. The summed E-state index contributed by atoms with van der Waals surface area (Å²) in [5.74, 6) is 0.869. The first-order chi connectivity index (χ1) is 10.5. The number of rotatable bonds is 11. The Morgan fingerprint density at radius 2 is 1.91 bits per heavy atom. The minimum absolute atomic E-state index is 0.0897. The van der Waals surface area contributed by atoms with Crippen LogP contribution < -0.4 is 0 Å². The molecule has 0 saturated heterocycles. The molecular formula is C18H27ClO2S. The molecule has 0 spiro atoms. The lowest BCUT2D eigenvalue weighted by atomic mass is 10.2. The predicted octanol–water partition coefficient (Wildman–Crippen LogP) is 5.60. The maximum Gasteiger partial charge on any atom is 0.0905 e. The maximum absolute atomic E-state index is 5.96. The highest BCUT2D eigenvalue weighted by molar-refractivity contribution is 7.99. The molecule has 0 aliphatic carbocycles. The maximum atomic E-state index is 5.96. The Bertz CT molecular complexity index is 420. The van der Waals surface area contributed by atoms with Crippen molar-refractivity contribution in [2.75, 3.05) is 12.4 Å². The van der Waals surface area contributed by atoms with E-state index in [-0.39, 0.29) is 18.3 Å². The van der Waals surface area contributed by atoms with Gasteiger partial charge in [0.05, 0.1) is 24.9 Å². The van der Waals surface area contributed by atoms with E-state index in [1.54, 1.807) is 11.8 Å². The first kappa shape index (κ1) is 19.6. The summed E-state index contributed by atoms with van der Waals surface area (Å²) < 4.78 is 11.9. The predicted molar refractivity (Wildman–Crippen MR) is 97.0 cm³/mol. The minimum Gasteiger partial charge on any atom is -0.376 e. The van der Waals surface area contributed by atoms with Crippen LogP contribution in [0.15, 0.2) is 41.8 Å². The van der Waals surface area contributed by atoms with Crippen LogP contribution in [0.4, 0.5) is 0 Å². The Morgan fingerprint density at radius 1 is 1.23 bits per heavy atom. The Morgan fingerprint density at radius 3 is 2.50 bits per heavy atom. The van der Waals surface area contributed by atoms with Crippen molar-refractivity contribution >= 4 is 23.4 Å². The average Bonchev–Trinajstić information content (AvgIpc) is 2.49. The van der Waals surface area contributed by atoms with E-state index in [2.05, 4.69) is 27.4 Å². The number of hydrogen-bond donors (Lipinski definition) is 0. The highest BCUT2D eigenvalue weighted by Gasteiger charge is 2.14. The Hall–Kier alpha value is -0.480. The molecule has 0 saturated carbocycles. The van der Waals surface area contributed by atoms with Crippen molar-refractivity contribution < 1.29 is 9.47 Å². The van der Waals surface area contributed by atoms with Gasteiger partial charge < -0.3 is 9.47 Å². The first-order valence-electron chi connectivity index (χ1n) is 7.77. The number of allylic oxidation sites excluding steroid dienone is 1. The lowest BCUT2D eigenvalue weighted by molar-refractivity contribution is -0.0522. The molecule has 0 aliphatic rings. The van der Waals surface area contributed by atoms with E-state index < -0.39 is 0 Å². The average molecular weight is 343 g/mol. The van der Waals surface area contributed by atoms with Gasteiger partial charge in [-0.05, 0) is 57.9 Å². The molecule has 0 aliphatic heterocycles. The van der Waals surface area contributed by atoms with Crippen molar-refractivity contribution in [2.45, 2.75) is 56.8 Å². The molecule has 0 heterocycles. The van der Waals surface area contributed by atoms with Crippen LogP contribution in [-0.2, 0) is 9.47 Å². The van der Waals surface area contributed by atoms with Crippen LogP contribution in [0.25, 0.3) is 0 Å². The molecule has 0 fully saturated rings. The van der Waals surface area contributed by atoms with Gasteiger partial charge in [0.1, 0.15) is 0 Å². The topological polar surface area (TPSA) is 18.5 Å². The third-order valence-electron chi connectivity index (χ3n) is 3.06. The van der Waals surface area contributed by atoms with E-state index in [0.29, 0.717) is 6.61 Å². The first-order valence-corrected chi connectivity index (χ1v) is 9.14. The van der Waals surface area contributed by atoms with Crippen molar-refractivity contribution in [3.8, 4) is 0 Å². The van der Waals surface area contributed by atoms with Crippen LogP contribution >= 0.6 is 23.4 Å². The van der Waals surface area contributed by atoms with Gasteiger partial charge in [-0.15, -0.1) is 18.3 Å². The normalized spacial score (nSPS) is 14.0. The summed E-state index contributed by atoms with van der Waals surface area (Å²) >= 11 is 7.68. The summed E-state index contributed by atoms with van der Waals surface area (Å²) in [6.45, 7) is 10.6. The third-order valence-corrected chi connectivity index (χ3v) is 4.45.